The van der Waals surface area contributed by atoms with E-state index in [4.69, 9.17) is 0 Å². The number of quaternary nitrogens is 1. The molecule has 1 aromatic rings. The molecule has 42 heavy (non-hydrogen) atoms. The first-order valence-corrected chi connectivity index (χ1v) is 18.5. The molecule has 0 aliphatic carbocycles. The summed E-state index contributed by atoms with van der Waals surface area (Å²) in [4.78, 5) is 10.2. The van der Waals surface area contributed by atoms with Crippen LogP contribution in [0.2, 0.25) is 0 Å². The van der Waals surface area contributed by atoms with Gasteiger partial charge in [-0.1, -0.05) is 185 Å². The summed E-state index contributed by atoms with van der Waals surface area (Å²) < 4.78 is 1.11. The van der Waals surface area contributed by atoms with Crippen molar-refractivity contribution >= 4 is 5.97 Å². The molecule has 0 saturated heterocycles. The van der Waals surface area contributed by atoms with Gasteiger partial charge in [0.15, 0.2) is 0 Å². The lowest BCUT2D eigenvalue weighted by Gasteiger charge is -2.30. The van der Waals surface area contributed by atoms with Crippen LogP contribution in [0.4, 0.5) is 0 Å². The molecule has 0 spiro atoms. The smallest absolute Gasteiger partial charge is 0.104 e. The number of benzene rings is 1. The second-order valence-corrected chi connectivity index (χ2v) is 13.6. The van der Waals surface area contributed by atoms with Crippen LogP contribution in [-0.2, 0) is 11.3 Å². The molecule has 246 valence electrons. The largest absolute Gasteiger partial charge is 0.550 e. The molecule has 1 aromatic carbocycles. The Bertz CT molecular complexity index is 672. The first-order chi connectivity index (χ1) is 20.4. The summed E-state index contributed by atoms with van der Waals surface area (Å²) in [6.07, 6.45) is 34.1. The van der Waals surface area contributed by atoms with Crippen molar-refractivity contribution in [3.63, 3.8) is 0 Å². The average Bonchev–Trinajstić information content (AvgIpc) is 2.96. The van der Waals surface area contributed by atoms with Crippen LogP contribution in [-0.4, -0.2) is 31.1 Å². The number of hydrogen-bond donors (Lipinski definition) is 0. The molecule has 0 bridgehead atoms. The molecule has 0 aliphatic rings. The van der Waals surface area contributed by atoms with Gasteiger partial charge in [-0.05, 0) is 25.7 Å². The number of aliphatic carboxylic acids is 1. The number of carbonyl (C=O) groups is 1. The number of carboxylic acid groups (broad SMARTS) is 1. The first-order valence-electron chi connectivity index (χ1n) is 18.5. The van der Waals surface area contributed by atoms with Gasteiger partial charge in [0.25, 0.3) is 0 Å². The number of carbonyl (C=O) groups excluding carboxylic acids is 1. The minimum absolute atomic E-state index is 0.234. The predicted octanol–water partition coefficient (Wildman–Crippen LogP) is 11.2. The van der Waals surface area contributed by atoms with Crippen molar-refractivity contribution in [3.8, 4) is 0 Å². The van der Waals surface area contributed by atoms with Gasteiger partial charge in [0, 0.05) is 11.5 Å². The van der Waals surface area contributed by atoms with Crippen molar-refractivity contribution < 1.29 is 14.4 Å². The standard InChI is InChI=1S/C21H38N.C18H36O2/c1-4-5-6-7-8-9-10-11-12-16-19-22(2,3)20-21-17-14-13-15-18-21;1-2-3-4-5-6-7-8-9-10-11-12-13-14-15-16-17-18(19)20/h13-15,17-18H,4-12,16,19-20H2,1-3H3;2-17H2,1H3,(H,19,20)/q+1;/p-1. The summed E-state index contributed by atoms with van der Waals surface area (Å²) in [6.45, 7) is 7.00. The van der Waals surface area contributed by atoms with Crippen molar-refractivity contribution in [3.05, 3.63) is 35.9 Å². The lowest BCUT2D eigenvalue weighted by molar-refractivity contribution is -0.903. The summed E-state index contributed by atoms with van der Waals surface area (Å²) in [5.41, 5.74) is 1.46. The fourth-order valence-corrected chi connectivity index (χ4v) is 5.82. The minimum atomic E-state index is -0.903. The Hall–Kier alpha value is -1.35. The lowest BCUT2D eigenvalue weighted by Crippen LogP contribution is -2.39. The molecule has 0 amide bonds. The van der Waals surface area contributed by atoms with E-state index in [0.717, 1.165) is 23.9 Å². The summed E-state index contributed by atoms with van der Waals surface area (Å²) in [5, 5.41) is 10.2. The molecular formula is C39H73NO2. The maximum absolute atomic E-state index is 10.2. The highest BCUT2D eigenvalue weighted by Gasteiger charge is 2.14. The van der Waals surface area contributed by atoms with Crippen molar-refractivity contribution in [2.45, 2.75) is 187 Å². The molecule has 1 rings (SSSR count). The highest BCUT2D eigenvalue weighted by atomic mass is 16.4. The number of nitrogens with zero attached hydrogens (tertiary/aromatic N) is 1. The zero-order valence-electron chi connectivity index (χ0n) is 28.9. The number of carboxylic acids is 1. The SMILES string of the molecule is CCCCCCCCCCCCCCCCCC(=O)[O-].CCCCCCCCCCCC[N+](C)(C)Cc1ccccc1. The molecule has 0 atom stereocenters. The molecule has 0 aromatic heterocycles. The van der Waals surface area contributed by atoms with Crippen LogP contribution in [0.3, 0.4) is 0 Å². The average molecular weight is 588 g/mol. The lowest BCUT2D eigenvalue weighted by atomic mass is 10.0. The van der Waals surface area contributed by atoms with Gasteiger partial charge in [0.05, 0.1) is 20.6 Å². The first kappa shape index (κ1) is 40.6. The van der Waals surface area contributed by atoms with Gasteiger partial charge >= 0.3 is 0 Å². The van der Waals surface area contributed by atoms with E-state index in [0.29, 0.717) is 0 Å². The van der Waals surface area contributed by atoms with Gasteiger partial charge in [-0.15, -0.1) is 0 Å². The van der Waals surface area contributed by atoms with Crippen molar-refractivity contribution in [2.24, 2.45) is 0 Å². The Morgan fingerprint density at radius 2 is 0.857 bits per heavy atom. The Morgan fingerprint density at radius 1 is 0.524 bits per heavy atom. The summed E-state index contributed by atoms with van der Waals surface area (Å²) in [6, 6.07) is 10.9. The highest BCUT2D eigenvalue weighted by Crippen LogP contribution is 2.15. The van der Waals surface area contributed by atoms with E-state index < -0.39 is 5.97 Å². The molecule has 0 aliphatic heterocycles. The molecule has 3 nitrogen and oxygen atoms in total. The number of unbranched alkanes of at least 4 members (excludes halogenated alkanes) is 23. The minimum Gasteiger partial charge on any atom is -0.550 e. The maximum atomic E-state index is 10.2. The maximum Gasteiger partial charge on any atom is 0.104 e. The fourth-order valence-electron chi connectivity index (χ4n) is 5.82. The van der Waals surface area contributed by atoms with Crippen molar-refractivity contribution in [1.29, 1.82) is 0 Å². The molecule has 0 unspecified atom stereocenters. The van der Waals surface area contributed by atoms with E-state index in [1.54, 1.807) is 0 Å². The molecule has 0 heterocycles. The van der Waals surface area contributed by atoms with Crippen LogP contribution in [0.5, 0.6) is 0 Å². The Labute approximate surface area is 263 Å². The second-order valence-electron chi connectivity index (χ2n) is 13.6. The zero-order valence-corrected chi connectivity index (χ0v) is 28.9. The molecule has 0 saturated carbocycles. The van der Waals surface area contributed by atoms with Crippen LogP contribution in [0, 0.1) is 0 Å². The summed E-state index contributed by atoms with van der Waals surface area (Å²) >= 11 is 0. The van der Waals surface area contributed by atoms with Gasteiger partial charge in [-0.3, -0.25) is 0 Å². The second kappa shape index (κ2) is 31.1. The van der Waals surface area contributed by atoms with E-state index in [1.165, 1.54) is 160 Å². The van der Waals surface area contributed by atoms with E-state index in [9.17, 15) is 9.90 Å². The molecule has 0 fully saturated rings. The van der Waals surface area contributed by atoms with E-state index in [2.05, 4.69) is 58.3 Å². The third kappa shape index (κ3) is 31.6. The van der Waals surface area contributed by atoms with E-state index in [-0.39, 0.29) is 6.42 Å². The van der Waals surface area contributed by atoms with E-state index in [1.807, 2.05) is 0 Å². The summed E-state index contributed by atoms with van der Waals surface area (Å²) in [5.74, 6) is -0.903. The fraction of sp³-hybridized carbons (Fsp3) is 0.821. The quantitative estimate of drug-likeness (QED) is 0.0691. The molecule has 3 heteroatoms. The van der Waals surface area contributed by atoms with Crippen LogP contribution in [0.15, 0.2) is 30.3 Å². The van der Waals surface area contributed by atoms with Crippen molar-refractivity contribution in [2.75, 3.05) is 20.6 Å². The third-order valence-corrected chi connectivity index (χ3v) is 8.55. The third-order valence-electron chi connectivity index (χ3n) is 8.55. The monoisotopic (exact) mass is 588 g/mol. The predicted molar refractivity (Wildman–Crippen MR) is 184 cm³/mol. The van der Waals surface area contributed by atoms with Gasteiger partial charge in [-0.2, -0.15) is 0 Å². The van der Waals surface area contributed by atoms with Crippen LogP contribution in [0.1, 0.15) is 186 Å². The van der Waals surface area contributed by atoms with Gasteiger partial charge in [0.1, 0.15) is 6.54 Å². The highest BCUT2D eigenvalue weighted by molar-refractivity contribution is 5.64. The van der Waals surface area contributed by atoms with E-state index >= 15 is 0 Å². The topological polar surface area (TPSA) is 40.1 Å². The summed E-state index contributed by atoms with van der Waals surface area (Å²) in [7, 11) is 4.72. The van der Waals surface area contributed by atoms with Crippen LogP contribution < -0.4 is 5.11 Å². The molecule has 0 N–H and O–H groups in total. The van der Waals surface area contributed by atoms with Gasteiger partial charge < -0.3 is 14.4 Å². The number of hydrogen-bond acceptors (Lipinski definition) is 2. The van der Waals surface area contributed by atoms with Gasteiger partial charge in [0.2, 0.25) is 0 Å². The Balaban J connectivity index is 0.000000805. The molecule has 0 radical (unpaired) electrons. The Kier molecular flexibility index (Phi) is 30.1. The van der Waals surface area contributed by atoms with Crippen LogP contribution >= 0.6 is 0 Å². The molecular weight excluding hydrogens is 514 g/mol. The zero-order chi connectivity index (χ0) is 31.0. The van der Waals surface area contributed by atoms with Crippen LogP contribution in [0.25, 0.3) is 0 Å². The number of rotatable bonds is 29. The van der Waals surface area contributed by atoms with Gasteiger partial charge in [-0.25, -0.2) is 0 Å². The normalized spacial score (nSPS) is 11.3. The Morgan fingerprint density at radius 3 is 1.21 bits per heavy atom. The van der Waals surface area contributed by atoms with Crippen molar-refractivity contribution in [1.82, 2.24) is 0 Å².